The van der Waals surface area contributed by atoms with Crippen molar-refractivity contribution in [2.75, 3.05) is 31.9 Å². The van der Waals surface area contributed by atoms with Gasteiger partial charge in [-0.25, -0.2) is 4.98 Å². The first-order valence-electron chi connectivity index (χ1n) is 8.16. The van der Waals surface area contributed by atoms with Gasteiger partial charge in [0.1, 0.15) is 0 Å². The molecule has 1 aromatic rings. The fourth-order valence-corrected chi connectivity index (χ4v) is 4.44. The highest BCUT2D eigenvalue weighted by molar-refractivity contribution is 14.0. The van der Waals surface area contributed by atoms with E-state index in [1.807, 2.05) is 0 Å². The molecule has 0 bridgehead atoms. The Balaban J connectivity index is 0.00000264. The van der Waals surface area contributed by atoms with Gasteiger partial charge in [-0.2, -0.15) is 11.8 Å². The van der Waals surface area contributed by atoms with Crippen molar-refractivity contribution in [2.45, 2.75) is 39.4 Å². The molecule has 2 heterocycles. The molecule has 1 aliphatic rings. The van der Waals surface area contributed by atoms with Crippen molar-refractivity contribution >= 4 is 53.0 Å². The second kappa shape index (κ2) is 10.8. The Labute approximate surface area is 166 Å². The van der Waals surface area contributed by atoms with E-state index in [2.05, 4.69) is 60.0 Å². The molecular weight excluding hydrogens is 439 g/mol. The lowest BCUT2D eigenvalue weighted by Gasteiger charge is -2.36. The normalized spacial score (nSPS) is 18.9. The van der Waals surface area contributed by atoms with Crippen LogP contribution in [0.5, 0.6) is 0 Å². The molecule has 23 heavy (non-hydrogen) atoms. The number of thioether (sulfide) groups is 1. The molecule has 1 fully saturated rings. The molecule has 0 saturated carbocycles. The molecule has 4 nitrogen and oxygen atoms in total. The van der Waals surface area contributed by atoms with Gasteiger partial charge < -0.3 is 10.2 Å². The zero-order valence-corrected chi connectivity index (χ0v) is 18.5. The quantitative estimate of drug-likeness (QED) is 0.407. The van der Waals surface area contributed by atoms with Gasteiger partial charge in [-0.1, -0.05) is 13.8 Å². The Kier molecular flexibility index (Phi) is 9.84. The summed E-state index contributed by atoms with van der Waals surface area (Å²) in [6.07, 6.45) is 0.926. The molecule has 1 N–H and O–H groups in total. The molecule has 0 amide bonds. The molecule has 1 aromatic heterocycles. The zero-order valence-electron chi connectivity index (χ0n) is 14.5. The van der Waals surface area contributed by atoms with Gasteiger partial charge in [0.25, 0.3) is 0 Å². The van der Waals surface area contributed by atoms with E-state index in [9.17, 15) is 0 Å². The lowest BCUT2D eigenvalue weighted by atomic mass is 10.1. The van der Waals surface area contributed by atoms with E-state index in [-0.39, 0.29) is 24.0 Å². The van der Waals surface area contributed by atoms with Crippen molar-refractivity contribution in [3.63, 3.8) is 0 Å². The maximum absolute atomic E-state index is 4.82. The lowest BCUT2D eigenvalue weighted by Crippen LogP contribution is -2.49. The Hall–Kier alpha value is -0.0200. The van der Waals surface area contributed by atoms with E-state index in [1.165, 1.54) is 5.75 Å². The Morgan fingerprint density at radius 2 is 2.30 bits per heavy atom. The average Bonchev–Trinajstić information content (AvgIpc) is 2.92. The van der Waals surface area contributed by atoms with E-state index < -0.39 is 0 Å². The summed E-state index contributed by atoms with van der Waals surface area (Å²) >= 11 is 3.82. The summed E-state index contributed by atoms with van der Waals surface area (Å²) in [7, 11) is 0. The molecule has 0 spiro atoms. The van der Waals surface area contributed by atoms with Crippen LogP contribution in [0.3, 0.4) is 0 Å². The van der Waals surface area contributed by atoms with Gasteiger partial charge in [0, 0.05) is 49.0 Å². The molecule has 132 valence electrons. The smallest absolute Gasteiger partial charge is 0.193 e. The fourth-order valence-electron chi connectivity index (χ4n) is 2.50. The van der Waals surface area contributed by atoms with E-state index in [1.54, 1.807) is 11.3 Å². The highest BCUT2D eigenvalue weighted by Gasteiger charge is 2.24. The van der Waals surface area contributed by atoms with Gasteiger partial charge in [0.05, 0.1) is 10.7 Å². The summed E-state index contributed by atoms with van der Waals surface area (Å²) in [4.78, 5) is 11.8. The molecule has 1 aliphatic heterocycles. The molecule has 1 unspecified atom stereocenters. The van der Waals surface area contributed by atoms with Crippen LogP contribution in [0.2, 0.25) is 0 Å². The maximum Gasteiger partial charge on any atom is 0.193 e. The van der Waals surface area contributed by atoms with Crippen LogP contribution < -0.4 is 5.32 Å². The van der Waals surface area contributed by atoms with Crippen molar-refractivity contribution in [3.8, 4) is 0 Å². The standard InChI is InChI=1S/C16H28N4S2.HI/c1-5-17-16(18-7-6-14-11-22-13(4)19-14)20-8-9-21-15(10-20)12(2)3;/h11-12,15H,5-10H2,1-4H3,(H,17,18);1H. The van der Waals surface area contributed by atoms with E-state index >= 15 is 0 Å². The zero-order chi connectivity index (χ0) is 15.9. The van der Waals surface area contributed by atoms with Crippen molar-refractivity contribution in [2.24, 2.45) is 10.9 Å². The molecule has 0 radical (unpaired) electrons. The van der Waals surface area contributed by atoms with Gasteiger partial charge in [-0.15, -0.1) is 35.3 Å². The number of hydrogen-bond donors (Lipinski definition) is 1. The van der Waals surface area contributed by atoms with Crippen LogP contribution in [-0.2, 0) is 6.42 Å². The average molecular weight is 468 g/mol. The van der Waals surface area contributed by atoms with Crippen molar-refractivity contribution < 1.29 is 0 Å². The molecule has 0 aliphatic carbocycles. The Morgan fingerprint density at radius 3 is 2.91 bits per heavy atom. The van der Waals surface area contributed by atoms with Crippen LogP contribution in [-0.4, -0.2) is 53.0 Å². The number of aliphatic imine (C=N–C) groups is 1. The maximum atomic E-state index is 4.82. The van der Waals surface area contributed by atoms with Crippen LogP contribution in [0.15, 0.2) is 10.4 Å². The first-order valence-corrected chi connectivity index (χ1v) is 10.1. The number of thiazole rings is 1. The largest absolute Gasteiger partial charge is 0.357 e. The highest BCUT2D eigenvalue weighted by Crippen LogP contribution is 2.24. The Bertz CT molecular complexity index is 490. The van der Waals surface area contributed by atoms with Gasteiger partial charge in [-0.05, 0) is 19.8 Å². The van der Waals surface area contributed by atoms with E-state index in [0.29, 0.717) is 11.2 Å². The molecule has 1 atom stereocenters. The SMILES string of the molecule is CCNC(=NCCc1csc(C)n1)N1CCSC(C(C)C)C1.I. The molecule has 0 aromatic carbocycles. The summed E-state index contributed by atoms with van der Waals surface area (Å²) < 4.78 is 0. The van der Waals surface area contributed by atoms with Crippen LogP contribution in [0.4, 0.5) is 0 Å². The number of nitrogens with one attached hydrogen (secondary N) is 1. The second-order valence-corrected chi connectivity index (χ2v) is 8.35. The van der Waals surface area contributed by atoms with Crippen LogP contribution in [0.25, 0.3) is 0 Å². The number of hydrogen-bond acceptors (Lipinski definition) is 4. The minimum Gasteiger partial charge on any atom is -0.357 e. The lowest BCUT2D eigenvalue weighted by molar-refractivity contribution is 0.381. The monoisotopic (exact) mass is 468 g/mol. The third-order valence-electron chi connectivity index (χ3n) is 3.77. The third-order valence-corrected chi connectivity index (χ3v) is 6.13. The highest BCUT2D eigenvalue weighted by atomic mass is 127. The number of aromatic nitrogens is 1. The van der Waals surface area contributed by atoms with Gasteiger partial charge >= 0.3 is 0 Å². The third kappa shape index (κ3) is 6.78. The topological polar surface area (TPSA) is 40.5 Å². The minimum atomic E-state index is 0. The van der Waals surface area contributed by atoms with E-state index in [4.69, 9.17) is 4.99 Å². The van der Waals surface area contributed by atoms with Crippen molar-refractivity contribution in [1.29, 1.82) is 0 Å². The number of halogens is 1. The Morgan fingerprint density at radius 1 is 1.52 bits per heavy atom. The first kappa shape index (κ1) is 21.0. The predicted octanol–water partition coefficient (Wildman–Crippen LogP) is 3.65. The molecular formula is C16H29IN4S2. The number of guanidine groups is 1. The first-order chi connectivity index (χ1) is 10.6. The van der Waals surface area contributed by atoms with Gasteiger partial charge in [-0.3, -0.25) is 4.99 Å². The number of aryl methyl sites for hydroxylation is 1. The van der Waals surface area contributed by atoms with Crippen molar-refractivity contribution in [1.82, 2.24) is 15.2 Å². The van der Waals surface area contributed by atoms with Crippen LogP contribution in [0, 0.1) is 12.8 Å². The predicted molar refractivity (Wildman–Crippen MR) is 115 cm³/mol. The van der Waals surface area contributed by atoms with E-state index in [0.717, 1.165) is 49.3 Å². The van der Waals surface area contributed by atoms with Crippen LogP contribution >= 0.6 is 47.1 Å². The summed E-state index contributed by atoms with van der Waals surface area (Å²) in [6.45, 7) is 12.7. The fraction of sp³-hybridized carbons (Fsp3) is 0.750. The second-order valence-electron chi connectivity index (χ2n) is 5.94. The summed E-state index contributed by atoms with van der Waals surface area (Å²) in [5.41, 5.74) is 1.16. The number of rotatable bonds is 5. The number of nitrogens with zero attached hydrogens (tertiary/aromatic N) is 3. The van der Waals surface area contributed by atoms with Gasteiger partial charge in [0.15, 0.2) is 5.96 Å². The summed E-state index contributed by atoms with van der Waals surface area (Å²) in [5, 5.41) is 7.44. The summed E-state index contributed by atoms with van der Waals surface area (Å²) in [5.74, 6) is 2.98. The molecule has 1 saturated heterocycles. The van der Waals surface area contributed by atoms with Crippen LogP contribution in [0.1, 0.15) is 31.5 Å². The summed E-state index contributed by atoms with van der Waals surface area (Å²) in [6, 6.07) is 0. The molecule has 7 heteroatoms. The van der Waals surface area contributed by atoms with Crippen molar-refractivity contribution in [3.05, 3.63) is 16.1 Å². The molecule has 2 rings (SSSR count). The minimum absolute atomic E-state index is 0. The van der Waals surface area contributed by atoms with Gasteiger partial charge in [0.2, 0.25) is 0 Å².